The first kappa shape index (κ1) is 32.9. The number of nitrogens with zero attached hydrogens (tertiary/aromatic N) is 1. The summed E-state index contributed by atoms with van der Waals surface area (Å²) in [5.74, 6) is 1.38. The molecule has 6 atom stereocenters. The van der Waals surface area contributed by atoms with Crippen molar-refractivity contribution < 1.29 is 23.6 Å². The topological polar surface area (TPSA) is 100 Å². The Morgan fingerprint density at radius 2 is 1.98 bits per heavy atom. The first-order valence-electron chi connectivity index (χ1n) is 15.2. The minimum atomic E-state index is -1.75. The van der Waals surface area contributed by atoms with Crippen LogP contribution in [0, 0.1) is 11.8 Å². The van der Waals surface area contributed by atoms with Crippen LogP contribution < -0.4 is 14.2 Å². The van der Waals surface area contributed by atoms with E-state index in [1.807, 2.05) is 6.07 Å². The van der Waals surface area contributed by atoms with E-state index in [1.54, 1.807) is 24.3 Å². The number of likely N-dealkylation sites (N-methyl/N-ethyl adjacent to an activating group) is 1. The molecule has 4 rings (SSSR count). The van der Waals surface area contributed by atoms with Crippen LogP contribution in [-0.4, -0.2) is 66.6 Å². The maximum Gasteiger partial charge on any atom is 0.266 e. The minimum absolute atomic E-state index is 0.130. The molecule has 2 aromatic rings. The maximum atomic E-state index is 12.1. The average Bonchev–Trinajstić information content (AvgIpc) is 2.98. The number of carbonyl (C=O) groups excluding carboxylic acids is 1. The highest BCUT2D eigenvalue weighted by Crippen LogP contribution is 2.41. The van der Waals surface area contributed by atoms with Crippen molar-refractivity contribution >= 4 is 28.7 Å². The predicted octanol–water partition coefficient (Wildman–Crippen LogP) is 4.93. The smallest absolute Gasteiger partial charge is 0.266 e. The lowest BCUT2D eigenvalue weighted by molar-refractivity contribution is -0.127. The normalized spacial score (nSPS) is 22.7. The summed E-state index contributed by atoms with van der Waals surface area (Å²) < 4.78 is 28.6. The Labute approximate surface area is 258 Å². The lowest BCUT2D eigenvalue weighted by Crippen LogP contribution is -2.45. The van der Waals surface area contributed by atoms with Crippen molar-refractivity contribution in [2.75, 3.05) is 40.4 Å². The van der Waals surface area contributed by atoms with Gasteiger partial charge >= 0.3 is 0 Å². The lowest BCUT2D eigenvalue weighted by atomic mass is 9.69. The third-order valence-corrected chi connectivity index (χ3v) is 9.58. The van der Waals surface area contributed by atoms with Gasteiger partial charge in [0.2, 0.25) is 0 Å². The molecule has 0 aromatic heterocycles. The largest absolute Gasteiger partial charge is 0.493 e. The Hall–Kier alpha value is -2.01. The van der Waals surface area contributed by atoms with Crippen molar-refractivity contribution in [1.29, 1.82) is 0 Å². The first-order valence-corrected chi connectivity index (χ1v) is 16.7. The van der Waals surface area contributed by atoms with Gasteiger partial charge in [-0.1, -0.05) is 43.1 Å². The molecule has 2 fully saturated rings. The van der Waals surface area contributed by atoms with E-state index >= 15 is 0 Å². The summed E-state index contributed by atoms with van der Waals surface area (Å²) in [5, 5.41) is 11.1. The number of ether oxygens (including phenoxy) is 2. The second-order valence-electron chi connectivity index (χ2n) is 11.6. The predicted molar refractivity (Wildman–Crippen MR) is 168 cm³/mol. The van der Waals surface area contributed by atoms with Gasteiger partial charge in [0.1, 0.15) is 5.75 Å². The molecule has 1 aliphatic carbocycles. The van der Waals surface area contributed by atoms with Gasteiger partial charge in [0.05, 0.1) is 12.7 Å². The molecule has 42 heavy (non-hydrogen) atoms. The number of benzene rings is 2. The van der Waals surface area contributed by atoms with Crippen molar-refractivity contribution in [2.24, 2.45) is 11.8 Å². The molecule has 1 heterocycles. The number of aliphatic hydroxyl groups excluding tert-OH is 1. The summed E-state index contributed by atoms with van der Waals surface area (Å²) in [6.45, 7) is 5.47. The van der Waals surface area contributed by atoms with E-state index in [0.29, 0.717) is 35.9 Å². The van der Waals surface area contributed by atoms with Gasteiger partial charge in [-0.25, -0.2) is 8.93 Å². The molecule has 2 aromatic carbocycles. The summed E-state index contributed by atoms with van der Waals surface area (Å²) in [4.78, 5) is 14.6. The number of hydrogen-bond acceptors (Lipinski definition) is 6. The number of rotatable bonds is 15. The molecule has 0 bridgehead atoms. The second-order valence-corrected chi connectivity index (χ2v) is 13.2. The average molecular weight is 620 g/mol. The number of hydrogen-bond donors (Lipinski definition) is 3. The molecule has 8 nitrogen and oxygen atoms in total. The van der Waals surface area contributed by atoms with Crippen LogP contribution in [0.2, 0.25) is 5.02 Å². The summed E-state index contributed by atoms with van der Waals surface area (Å²) in [6.07, 6.45) is 7.18. The Kier molecular flexibility index (Phi) is 12.7. The van der Waals surface area contributed by atoms with E-state index in [-0.39, 0.29) is 5.92 Å². The highest BCUT2D eigenvalue weighted by atomic mass is 35.5. The van der Waals surface area contributed by atoms with E-state index in [4.69, 9.17) is 21.1 Å². The second kappa shape index (κ2) is 16.2. The van der Waals surface area contributed by atoms with Gasteiger partial charge in [-0.15, -0.1) is 0 Å². The summed E-state index contributed by atoms with van der Waals surface area (Å²) in [5.41, 5.74) is 2.91. The van der Waals surface area contributed by atoms with Crippen LogP contribution >= 0.6 is 11.6 Å². The van der Waals surface area contributed by atoms with E-state index in [1.165, 1.54) is 50.3 Å². The van der Waals surface area contributed by atoms with Crippen LogP contribution in [0.5, 0.6) is 5.75 Å². The summed E-state index contributed by atoms with van der Waals surface area (Å²) >= 11 is 4.65. The highest BCUT2D eigenvalue weighted by Gasteiger charge is 2.38. The van der Waals surface area contributed by atoms with E-state index in [2.05, 4.69) is 40.4 Å². The van der Waals surface area contributed by atoms with Gasteiger partial charge in [-0.3, -0.25) is 9.52 Å². The number of carbonyl (C=O) groups is 1. The molecule has 3 N–H and O–H groups in total. The molecule has 1 amide bonds. The van der Waals surface area contributed by atoms with Crippen LogP contribution in [-0.2, 0) is 27.1 Å². The van der Waals surface area contributed by atoms with Crippen molar-refractivity contribution in [3.8, 4) is 5.75 Å². The molecule has 2 aliphatic rings. The van der Waals surface area contributed by atoms with Crippen LogP contribution in [0.15, 0.2) is 42.5 Å². The van der Waals surface area contributed by atoms with E-state index in [0.717, 1.165) is 37.6 Å². The van der Waals surface area contributed by atoms with Gasteiger partial charge in [-0.2, -0.15) is 0 Å². The first-order chi connectivity index (χ1) is 20.3. The summed E-state index contributed by atoms with van der Waals surface area (Å²) in [7, 11) is 3.66. The van der Waals surface area contributed by atoms with Gasteiger partial charge in [0, 0.05) is 30.6 Å². The Morgan fingerprint density at radius 3 is 2.62 bits per heavy atom. The fourth-order valence-electron chi connectivity index (χ4n) is 6.26. The molecular formula is C32H46ClN3O5S. The van der Waals surface area contributed by atoms with Crippen LogP contribution in [0.4, 0.5) is 0 Å². The van der Waals surface area contributed by atoms with Crippen LogP contribution in [0.1, 0.15) is 74.2 Å². The highest BCUT2D eigenvalue weighted by molar-refractivity contribution is 7.81. The Bertz CT molecular complexity index is 1180. The number of nitrogens with one attached hydrogen (secondary N) is 2. The summed E-state index contributed by atoms with van der Waals surface area (Å²) in [6, 6.07) is 13.0. The zero-order valence-corrected chi connectivity index (χ0v) is 26.6. The van der Waals surface area contributed by atoms with Gasteiger partial charge in [0.25, 0.3) is 5.91 Å². The number of aryl methyl sites for hydroxylation is 1. The minimum Gasteiger partial charge on any atom is -0.493 e. The molecule has 0 radical (unpaired) electrons. The maximum absolute atomic E-state index is 12.1. The van der Waals surface area contributed by atoms with E-state index in [9.17, 15) is 14.1 Å². The fourth-order valence-corrected chi connectivity index (χ4v) is 6.85. The standard InChI is InChI=1S/C32H46ClN3O5S/c1-4-7-23-18-26(33)12-16-28(23)25(20-36(3)19-24-11-15-29(24)30-8-5-6-17-40-30)21-41-27-13-9-22(10-14-27)31(37)32(38)35-42(39)34-2/h9-10,12-14,16,18,24-25,29-31,34,37H,4-8,11,15,17,19-21H2,1-3H3,(H,35,38). The van der Waals surface area contributed by atoms with Gasteiger partial charge in [0.15, 0.2) is 17.3 Å². The SMILES string of the molecule is CCCc1cc(Cl)ccc1C(COc1ccc(C(O)C(=O)NS(=O)NC)cc1)CN(C)CC1CCC1C1CCCCO1. The fraction of sp³-hybridized carbons (Fsp3) is 0.594. The molecule has 1 saturated heterocycles. The third-order valence-electron chi connectivity index (χ3n) is 8.59. The van der Waals surface area contributed by atoms with Gasteiger partial charge < -0.3 is 19.5 Å². The zero-order chi connectivity index (χ0) is 30.1. The Morgan fingerprint density at radius 1 is 1.19 bits per heavy atom. The monoisotopic (exact) mass is 619 g/mol. The van der Waals surface area contributed by atoms with Crippen LogP contribution in [0.25, 0.3) is 0 Å². The molecular weight excluding hydrogens is 574 g/mol. The zero-order valence-electron chi connectivity index (χ0n) is 25.0. The number of halogens is 1. The molecule has 6 unspecified atom stereocenters. The third kappa shape index (κ3) is 9.00. The molecule has 1 saturated carbocycles. The van der Waals surface area contributed by atoms with Crippen LogP contribution in [0.3, 0.4) is 0 Å². The quantitative estimate of drug-likeness (QED) is 0.261. The lowest BCUT2D eigenvalue weighted by Gasteiger charge is -2.45. The number of aliphatic hydroxyl groups is 1. The van der Waals surface area contributed by atoms with Crippen molar-refractivity contribution in [3.63, 3.8) is 0 Å². The molecule has 1 aliphatic heterocycles. The molecule has 10 heteroatoms. The van der Waals surface area contributed by atoms with Crippen molar-refractivity contribution in [2.45, 2.75) is 70.0 Å². The van der Waals surface area contributed by atoms with Crippen molar-refractivity contribution in [1.82, 2.24) is 14.3 Å². The molecule has 0 spiro atoms. The van der Waals surface area contributed by atoms with Gasteiger partial charge in [-0.05, 0) is 105 Å². The Balaban J connectivity index is 1.43. The molecule has 232 valence electrons. The van der Waals surface area contributed by atoms with Crippen molar-refractivity contribution in [3.05, 3.63) is 64.2 Å². The number of amides is 1. The van der Waals surface area contributed by atoms with E-state index < -0.39 is 23.2 Å².